The first-order valence-electron chi connectivity index (χ1n) is 7.67. The molecule has 0 bridgehead atoms. The van der Waals surface area contributed by atoms with Crippen LogP contribution in [0.2, 0.25) is 0 Å². The normalized spacial score (nSPS) is 13.5. The second-order valence-corrected chi connectivity index (χ2v) is 6.72. The van der Waals surface area contributed by atoms with Crippen LogP contribution in [0.3, 0.4) is 0 Å². The van der Waals surface area contributed by atoms with Gasteiger partial charge in [-0.2, -0.15) is 5.10 Å². The number of anilines is 1. The summed E-state index contributed by atoms with van der Waals surface area (Å²) in [7, 11) is 0. The Morgan fingerprint density at radius 2 is 2.04 bits per heavy atom. The van der Waals surface area contributed by atoms with E-state index in [2.05, 4.69) is 15.4 Å². The lowest BCUT2D eigenvalue weighted by Crippen LogP contribution is -2.18. The highest BCUT2D eigenvalue weighted by Crippen LogP contribution is 2.37. The molecule has 0 unspecified atom stereocenters. The molecule has 24 heavy (non-hydrogen) atoms. The summed E-state index contributed by atoms with van der Waals surface area (Å²) in [6.07, 6.45) is 1.62. The van der Waals surface area contributed by atoms with E-state index in [1.165, 1.54) is 11.3 Å². The Kier molecular flexibility index (Phi) is 3.61. The number of benzene rings is 1. The SMILES string of the molecule is CC(C)n1nccc1C(=O)Nc1nc2cc3c(cc2s1)OCCO3. The third-order valence-electron chi connectivity index (χ3n) is 3.66. The van der Waals surface area contributed by atoms with Gasteiger partial charge in [-0.25, -0.2) is 4.98 Å². The largest absolute Gasteiger partial charge is 0.486 e. The van der Waals surface area contributed by atoms with E-state index in [1.54, 1.807) is 16.9 Å². The zero-order valence-corrected chi connectivity index (χ0v) is 14.1. The number of rotatable bonds is 3. The maximum atomic E-state index is 12.5. The lowest BCUT2D eigenvalue weighted by atomic mass is 10.3. The van der Waals surface area contributed by atoms with E-state index in [4.69, 9.17) is 9.47 Å². The lowest BCUT2D eigenvalue weighted by molar-refractivity contribution is 0.101. The first-order valence-corrected chi connectivity index (χ1v) is 8.48. The summed E-state index contributed by atoms with van der Waals surface area (Å²) in [6.45, 7) is 5.03. The number of ether oxygens (including phenoxy) is 2. The molecule has 1 aliphatic heterocycles. The number of carbonyl (C=O) groups is 1. The standard InChI is InChI=1S/C16H16N4O3S/c1-9(2)20-11(3-4-17-20)15(21)19-16-18-10-7-12-13(8-14(10)24-16)23-6-5-22-12/h3-4,7-9H,5-6H2,1-2H3,(H,18,19,21). The summed E-state index contributed by atoms with van der Waals surface area (Å²) in [4.78, 5) is 16.9. The zero-order chi connectivity index (χ0) is 16.7. The fourth-order valence-electron chi connectivity index (χ4n) is 2.59. The van der Waals surface area contributed by atoms with Gasteiger partial charge in [0.05, 0.1) is 10.2 Å². The smallest absolute Gasteiger partial charge is 0.275 e. The van der Waals surface area contributed by atoms with Gasteiger partial charge >= 0.3 is 0 Å². The Morgan fingerprint density at radius 1 is 1.29 bits per heavy atom. The summed E-state index contributed by atoms with van der Waals surface area (Å²) in [5.41, 5.74) is 1.28. The van der Waals surface area contributed by atoms with Crippen molar-refractivity contribution < 1.29 is 14.3 Å². The highest BCUT2D eigenvalue weighted by Gasteiger charge is 2.18. The molecule has 1 aromatic carbocycles. The number of nitrogens with one attached hydrogen (secondary N) is 1. The van der Waals surface area contributed by atoms with Gasteiger partial charge < -0.3 is 9.47 Å². The fraction of sp³-hybridized carbons (Fsp3) is 0.312. The predicted octanol–water partition coefficient (Wildman–Crippen LogP) is 3.10. The van der Waals surface area contributed by atoms with Crippen LogP contribution >= 0.6 is 11.3 Å². The number of fused-ring (bicyclic) bond motifs is 2. The molecular weight excluding hydrogens is 328 g/mol. The molecule has 124 valence electrons. The van der Waals surface area contributed by atoms with E-state index < -0.39 is 0 Å². The second-order valence-electron chi connectivity index (χ2n) is 5.69. The van der Waals surface area contributed by atoms with E-state index in [1.807, 2.05) is 26.0 Å². The van der Waals surface area contributed by atoms with Crippen LogP contribution in [0.1, 0.15) is 30.4 Å². The highest BCUT2D eigenvalue weighted by atomic mass is 32.1. The van der Waals surface area contributed by atoms with Crippen molar-refractivity contribution >= 4 is 32.6 Å². The predicted molar refractivity (Wildman–Crippen MR) is 91.2 cm³/mol. The molecule has 1 aliphatic rings. The van der Waals surface area contributed by atoms with Crippen molar-refractivity contribution in [1.29, 1.82) is 0 Å². The quantitative estimate of drug-likeness (QED) is 0.790. The van der Waals surface area contributed by atoms with Gasteiger partial charge in [0.15, 0.2) is 16.6 Å². The summed E-state index contributed by atoms with van der Waals surface area (Å²) in [5.74, 6) is 1.18. The van der Waals surface area contributed by atoms with E-state index in [0.717, 1.165) is 10.2 Å². The topological polar surface area (TPSA) is 78.3 Å². The van der Waals surface area contributed by atoms with Gasteiger partial charge in [-0.1, -0.05) is 11.3 Å². The average molecular weight is 344 g/mol. The first-order chi connectivity index (χ1) is 11.6. The maximum Gasteiger partial charge on any atom is 0.275 e. The molecule has 1 amide bonds. The van der Waals surface area contributed by atoms with Crippen LogP contribution in [0.15, 0.2) is 24.4 Å². The van der Waals surface area contributed by atoms with Gasteiger partial charge in [0.1, 0.15) is 18.9 Å². The van der Waals surface area contributed by atoms with E-state index in [0.29, 0.717) is 35.5 Å². The van der Waals surface area contributed by atoms with Gasteiger partial charge in [0, 0.05) is 24.4 Å². The van der Waals surface area contributed by atoms with E-state index >= 15 is 0 Å². The van der Waals surface area contributed by atoms with Crippen LogP contribution < -0.4 is 14.8 Å². The molecule has 0 radical (unpaired) electrons. The molecule has 1 N–H and O–H groups in total. The van der Waals surface area contributed by atoms with Crippen molar-refractivity contribution in [2.24, 2.45) is 0 Å². The molecule has 0 saturated carbocycles. The number of thiazole rings is 1. The van der Waals surface area contributed by atoms with Crippen LogP contribution in [-0.2, 0) is 0 Å². The molecule has 0 aliphatic carbocycles. The third kappa shape index (κ3) is 2.58. The molecule has 3 heterocycles. The van der Waals surface area contributed by atoms with Gasteiger partial charge in [0.25, 0.3) is 5.91 Å². The van der Waals surface area contributed by atoms with Crippen LogP contribution in [0.5, 0.6) is 11.5 Å². The third-order valence-corrected chi connectivity index (χ3v) is 4.60. The molecule has 0 fully saturated rings. The Labute approximate surface area is 142 Å². The summed E-state index contributed by atoms with van der Waals surface area (Å²) in [5, 5.41) is 7.56. The van der Waals surface area contributed by atoms with Crippen molar-refractivity contribution in [3.8, 4) is 11.5 Å². The maximum absolute atomic E-state index is 12.5. The number of nitrogens with zero attached hydrogens (tertiary/aromatic N) is 3. The second kappa shape index (κ2) is 5.79. The molecule has 8 heteroatoms. The van der Waals surface area contributed by atoms with Crippen molar-refractivity contribution in [1.82, 2.24) is 14.8 Å². The number of carbonyl (C=O) groups excluding carboxylic acids is 1. The molecule has 3 aromatic rings. The monoisotopic (exact) mass is 344 g/mol. The van der Waals surface area contributed by atoms with Crippen molar-refractivity contribution in [3.05, 3.63) is 30.1 Å². The molecule has 0 saturated heterocycles. The average Bonchev–Trinajstić information content (AvgIpc) is 3.18. The van der Waals surface area contributed by atoms with Crippen molar-refractivity contribution in [3.63, 3.8) is 0 Å². The van der Waals surface area contributed by atoms with E-state index in [9.17, 15) is 4.79 Å². The fourth-order valence-corrected chi connectivity index (χ4v) is 3.46. The molecule has 2 aromatic heterocycles. The highest BCUT2D eigenvalue weighted by molar-refractivity contribution is 7.22. The van der Waals surface area contributed by atoms with Crippen LogP contribution in [0.25, 0.3) is 10.2 Å². The van der Waals surface area contributed by atoms with Gasteiger partial charge in [-0.15, -0.1) is 0 Å². The van der Waals surface area contributed by atoms with Gasteiger partial charge in [-0.3, -0.25) is 14.8 Å². The van der Waals surface area contributed by atoms with Gasteiger partial charge in [-0.05, 0) is 19.9 Å². The molecule has 4 rings (SSSR count). The number of aromatic nitrogens is 3. The Bertz CT molecular complexity index is 872. The molecule has 0 atom stereocenters. The number of hydrogen-bond donors (Lipinski definition) is 1. The first kappa shape index (κ1) is 14.9. The van der Waals surface area contributed by atoms with Crippen LogP contribution in [-0.4, -0.2) is 33.9 Å². The number of amides is 1. The Morgan fingerprint density at radius 3 is 2.79 bits per heavy atom. The van der Waals surface area contributed by atoms with Crippen LogP contribution in [0.4, 0.5) is 5.13 Å². The molecule has 0 spiro atoms. The summed E-state index contributed by atoms with van der Waals surface area (Å²) >= 11 is 1.40. The molecule has 7 nitrogen and oxygen atoms in total. The minimum absolute atomic E-state index is 0.108. The van der Waals surface area contributed by atoms with Crippen LogP contribution in [0, 0.1) is 0 Å². The Hall–Kier alpha value is -2.61. The van der Waals surface area contributed by atoms with Gasteiger partial charge in [0.2, 0.25) is 0 Å². The van der Waals surface area contributed by atoms with Crippen molar-refractivity contribution in [2.75, 3.05) is 18.5 Å². The van der Waals surface area contributed by atoms with E-state index in [-0.39, 0.29) is 11.9 Å². The minimum Gasteiger partial charge on any atom is -0.486 e. The lowest BCUT2D eigenvalue weighted by Gasteiger charge is -2.17. The van der Waals surface area contributed by atoms with Crippen molar-refractivity contribution in [2.45, 2.75) is 19.9 Å². The summed E-state index contributed by atoms with van der Waals surface area (Å²) in [6, 6.07) is 5.55. The molecular formula is C16H16N4O3S. The summed E-state index contributed by atoms with van der Waals surface area (Å²) < 4.78 is 13.8. The minimum atomic E-state index is -0.225. The number of hydrogen-bond acceptors (Lipinski definition) is 6. The Balaban J connectivity index is 1.62. The zero-order valence-electron chi connectivity index (χ0n) is 13.3.